The average molecular weight is 654 g/mol. The largest absolute Gasteiger partial charge is 0.460 e. The number of hydrogen-bond donors (Lipinski definition) is 2. The third-order valence-electron chi connectivity index (χ3n) is 11.7. The van der Waals surface area contributed by atoms with Gasteiger partial charge in [-0.2, -0.15) is 0 Å². The Morgan fingerprint density at radius 1 is 1.00 bits per heavy atom. The number of fused-ring (bicyclic) bond motifs is 1. The average Bonchev–Trinajstić information content (AvgIpc) is 3.87. The van der Waals surface area contributed by atoms with Crippen LogP contribution in [0.5, 0.6) is 0 Å². The van der Waals surface area contributed by atoms with Gasteiger partial charge in [-0.05, 0) is 125 Å². The fourth-order valence-corrected chi connectivity index (χ4v) is 8.92. The SMILES string of the molecule is COC1CCC([C@@H]2CCN(C(=O)[C@H]3CC[C@H]([C@H](N)CCF)CC3)[C@@H]2C(=O)Nc2ccc3oc(C(=O)OCC4CCCC4)cc3c2)CC1. The molecule has 0 spiro atoms. The molecule has 10 heteroatoms. The van der Waals surface area contributed by atoms with E-state index in [2.05, 4.69) is 5.32 Å². The van der Waals surface area contributed by atoms with Gasteiger partial charge in [0.2, 0.25) is 17.6 Å². The van der Waals surface area contributed by atoms with E-state index in [1.54, 1.807) is 25.3 Å². The van der Waals surface area contributed by atoms with Crippen molar-refractivity contribution in [3.8, 4) is 0 Å². The topological polar surface area (TPSA) is 124 Å². The second kappa shape index (κ2) is 15.5. The minimum atomic E-state index is -0.556. The second-order valence-corrected chi connectivity index (χ2v) is 14.6. The van der Waals surface area contributed by atoms with Gasteiger partial charge >= 0.3 is 5.97 Å². The molecule has 6 rings (SSSR count). The Hall–Kier alpha value is -2.98. The van der Waals surface area contributed by atoms with Crippen molar-refractivity contribution in [1.82, 2.24) is 4.90 Å². The van der Waals surface area contributed by atoms with E-state index in [4.69, 9.17) is 19.6 Å². The molecule has 1 aliphatic heterocycles. The number of furan rings is 1. The second-order valence-electron chi connectivity index (χ2n) is 14.6. The lowest BCUT2D eigenvalue weighted by molar-refractivity contribution is -0.142. The van der Waals surface area contributed by atoms with E-state index in [-0.39, 0.29) is 47.5 Å². The summed E-state index contributed by atoms with van der Waals surface area (Å²) in [6.45, 7) is 0.566. The summed E-state index contributed by atoms with van der Waals surface area (Å²) in [6.07, 6.45) is 12.9. The number of carbonyl (C=O) groups excluding carboxylic acids is 3. The number of nitrogens with two attached hydrogens (primary N) is 1. The van der Waals surface area contributed by atoms with Crippen molar-refractivity contribution in [2.45, 2.75) is 108 Å². The van der Waals surface area contributed by atoms with Crippen molar-refractivity contribution in [3.05, 3.63) is 30.0 Å². The summed E-state index contributed by atoms with van der Waals surface area (Å²) in [5, 5.41) is 3.82. The van der Waals surface area contributed by atoms with Gasteiger partial charge in [0, 0.05) is 36.7 Å². The van der Waals surface area contributed by atoms with Crippen LogP contribution in [0.1, 0.15) is 100 Å². The van der Waals surface area contributed by atoms with Crippen LogP contribution in [0.15, 0.2) is 28.7 Å². The van der Waals surface area contributed by atoms with E-state index in [0.717, 1.165) is 70.6 Å². The highest BCUT2D eigenvalue weighted by Gasteiger charge is 2.47. The van der Waals surface area contributed by atoms with E-state index in [1.165, 1.54) is 12.8 Å². The molecule has 0 bridgehead atoms. The molecule has 0 unspecified atom stereocenters. The molecule has 0 radical (unpaired) electrons. The number of likely N-dealkylation sites (tertiary alicyclic amines) is 1. The van der Waals surface area contributed by atoms with E-state index in [0.29, 0.717) is 48.1 Å². The van der Waals surface area contributed by atoms with Crippen molar-refractivity contribution >= 4 is 34.4 Å². The molecule has 258 valence electrons. The van der Waals surface area contributed by atoms with Crippen LogP contribution in [0.25, 0.3) is 11.0 Å². The molecule has 3 N–H and O–H groups in total. The zero-order valence-corrected chi connectivity index (χ0v) is 27.8. The van der Waals surface area contributed by atoms with E-state index >= 15 is 0 Å². The monoisotopic (exact) mass is 653 g/mol. The third-order valence-corrected chi connectivity index (χ3v) is 11.7. The number of ether oxygens (including phenoxy) is 2. The van der Waals surface area contributed by atoms with Gasteiger partial charge in [-0.1, -0.05) is 12.8 Å². The van der Waals surface area contributed by atoms with Crippen LogP contribution in [0.2, 0.25) is 0 Å². The van der Waals surface area contributed by atoms with Crippen LogP contribution in [0.4, 0.5) is 10.1 Å². The van der Waals surface area contributed by atoms with Gasteiger partial charge < -0.3 is 29.8 Å². The first-order valence-corrected chi connectivity index (χ1v) is 18.0. The highest BCUT2D eigenvalue weighted by Crippen LogP contribution is 2.42. The Bertz CT molecular complexity index is 1380. The number of nitrogens with zero attached hydrogens (tertiary/aromatic N) is 1. The van der Waals surface area contributed by atoms with Gasteiger partial charge in [0.05, 0.1) is 19.4 Å². The summed E-state index contributed by atoms with van der Waals surface area (Å²) in [5.74, 6) is 0.508. The van der Waals surface area contributed by atoms with Crippen LogP contribution in [0, 0.1) is 29.6 Å². The number of halogens is 1. The van der Waals surface area contributed by atoms with Crippen molar-refractivity contribution in [2.24, 2.45) is 35.3 Å². The minimum absolute atomic E-state index is 0.0572. The van der Waals surface area contributed by atoms with Crippen molar-refractivity contribution in [1.29, 1.82) is 0 Å². The summed E-state index contributed by atoms with van der Waals surface area (Å²) >= 11 is 0. The first-order chi connectivity index (χ1) is 22.8. The maximum absolute atomic E-state index is 14.2. The quantitative estimate of drug-likeness (QED) is 0.261. The molecule has 4 fully saturated rings. The third kappa shape index (κ3) is 7.85. The fourth-order valence-electron chi connectivity index (χ4n) is 8.92. The number of esters is 1. The molecule has 9 nitrogen and oxygen atoms in total. The predicted molar refractivity (Wildman–Crippen MR) is 177 cm³/mol. The Balaban J connectivity index is 1.15. The molecule has 2 aromatic rings. The Labute approximate surface area is 277 Å². The van der Waals surface area contributed by atoms with Crippen molar-refractivity contribution < 1.29 is 32.7 Å². The number of carbonyl (C=O) groups is 3. The molecule has 1 aromatic heterocycles. The lowest BCUT2D eigenvalue weighted by atomic mass is 9.75. The summed E-state index contributed by atoms with van der Waals surface area (Å²) < 4.78 is 29.8. The number of rotatable bonds is 11. The molecule has 1 saturated heterocycles. The Morgan fingerprint density at radius 2 is 1.74 bits per heavy atom. The first-order valence-electron chi connectivity index (χ1n) is 18.0. The number of methoxy groups -OCH3 is 1. The molecule has 2 heterocycles. The van der Waals surface area contributed by atoms with E-state index in [1.807, 2.05) is 11.0 Å². The van der Waals surface area contributed by atoms with Gasteiger partial charge in [-0.25, -0.2) is 4.79 Å². The molecular weight excluding hydrogens is 601 g/mol. The van der Waals surface area contributed by atoms with Crippen LogP contribution < -0.4 is 11.1 Å². The number of anilines is 1. The highest BCUT2D eigenvalue weighted by atomic mass is 19.1. The van der Waals surface area contributed by atoms with Crippen LogP contribution in [-0.2, 0) is 19.1 Å². The van der Waals surface area contributed by atoms with Crippen LogP contribution in [-0.4, -0.2) is 67.8 Å². The van der Waals surface area contributed by atoms with Crippen LogP contribution >= 0.6 is 0 Å². The van der Waals surface area contributed by atoms with Gasteiger partial charge in [-0.3, -0.25) is 14.0 Å². The lowest BCUT2D eigenvalue weighted by Crippen LogP contribution is -2.50. The molecule has 1 aromatic carbocycles. The number of benzene rings is 1. The Morgan fingerprint density at radius 3 is 2.45 bits per heavy atom. The first kappa shape index (κ1) is 33.9. The van der Waals surface area contributed by atoms with E-state index < -0.39 is 18.7 Å². The van der Waals surface area contributed by atoms with Crippen molar-refractivity contribution in [2.75, 3.05) is 32.3 Å². The van der Waals surface area contributed by atoms with Gasteiger partial charge in [-0.15, -0.1) is 0 Å². The number of nitrogens with one attached hydrogen (secondary N) is 1. The van der Waals surface area contributed by atoms with Gasteiger partial charge in [0.25, 0.3) is 0 Å². The molecule has 4 aliphatic rings. The Kier molecular flexibility index (Phi) is 11.2. The number of alkyl halides is 1. The molecule has 3 atom stereocenters. The lowest BCUT2D eigenvalue weighted by Gasteiger charge is -2.37. The zero-order valence-electron chi connectivity index (χ0n) is 27.8. The normalized spacial score (nSPS) is 29.2. The fraction of sp³-hybridized carbons (Fsp3) is 0.703. The highest BCUT2D eigenvalue weighted by molar-refractivity contribution is 6.00. The van der Waals surface area contributed by atoms with Gasteiger partial charge in [0.15, 0.2) is 0 Å². The maximum Gasteiger partial charge on any atom is 0.374 e. The standard InChI is InChI=1S/C37H52FN3O6/c1-45-29-13-10-24(11-14-29)30-17-19-41(36(43)26-8-6-25(7-9-26)31(39)16-18-38)34(30)35(42)40-28-12-15-32-27(20-28)21-33(47-32)37(44)46-22-23-4-2-3-5-23/h12,15,20-21,23-26,29-31,34H,2-11,13-14,16-19,22,39H2,1H3,(H,40,42)/t24?,25-,26-,29?,30-,31+,34-/m0/s1. The molecule has 2 amide bonds. The summed E-state index contributed by atoms with van der Waals surface area (Å²) in [5.41, 5.74) is 7.36. The molecule has 47 heavy (non-hydrogen) atoms. The van der Waals surface area contributed by atoms with Crippen LogP contribution in [0.3, 0.4) is 0 Å². The molecule has 3 aliphatic carbocycles. The number of hydrogen-bond acceptors (Lipinski definition) is 7. The van der Waals surface area contributed by atoms with Crippen molar-refractivity contribution in [3.63, 3.8) is 0 Å². The minimum Gasteiger partial charge on any atom is -0.460 e. The summed E-state index contributed by atoms with van der Waals surface area (Å²) in [6, 6.07) is 6.29. The molecular formula is C37H52FN3O6. The zero-order chi connectivity index (χ0) is 32.9. The smallest absolute Gasteiger partial charge is 0.374 e. The predicted octanol–water partition coefficient (Wildman–Crippen LogP) is 6.63. The van der Waals surface area contributed by atoms with E-state index in [9.17, 15) is 18.8 Å². The maximum atomic E-state index is 14.2. The number of amides is 2. The summed E-state index contributed by atoms with van der Waals surface area (Å²) in [4.78, 5) is 42.8. The van der Waals surface area contributed by atoms with Gasteiger partial charge in [0.1, 0.15) is 11.6 Å². The summed E-state index contributed by atoms with van der Waals surface area (Å²) in [7, 11) is 1.76. The molecule has 3 saturated carbocycles.